The van der Waals surface area contributed by atoms with Crippen LogP contribution in [0.3, 0.4) is 0 Å². The van der Waals surface area contributed by atoms with E-state index in [1.165, 1.54) is 0 Å². The number of carbonyl (C=O) groups is 2. The predicted octanol–water partition coefficient (Wildman–Crippen LogP) is -1.14. The number of ether oxygens (including phenoxy) is 1. The van der Waals surface area contributed by atoms with E-state index in [1.54, 1.807) is 6.92 Å². The lowest BCUT2D eigenvalue weighted by molar-refractivity contribution is -0.160. The van der Waals surface area contributed by atoms with Crippen molar-refractivity contribution in [3.63, 3.8) is 0 Å². The number of aliphatic hydroxyl groups is 2. The van der Waals surface area contributed by atoms with Gasteiger partial charge in [-0.2, -0.15) is 0 Å². The van der Waals surface area contributed by atoms with Crippen LogP contribution in [0.15, 0.2) is 0 Å². The lowest BCUT2D eigenvalue weighted by atomic mass is 10.2. The van der Waals surface area contributed by atoms with Gasteiger partial charge in [-0.05, 0) is 6.42 Å². The van der Waals surface area contributed by atoms with Crippen LogP contribution in [0.5, 0.6) is 0 Å². The summed E-state index contributed by atoms with van der Waals surface area (Å²) < 4.78 is 4.47. The van der Waals surface area contributed by atoms with Gasteiger partial charge in [0.1, 0.15) is 6.10 Å². The zero-order valence-corrected chi connectivity index (χ0v) is 6.77. The summed E-state index contributed by atoms with van der Waals surface area (Å²) in [6, 6.07) is 0. The van der Waals surface area contributed by atoms with E-state index in [0.29, 0.717) is 6.42 Å². The maximum Gasteiger partial charge on any atom is 0.338 e. The topological polar surface area (TPSA) is 83.8 Å². The highest BCUT2D eigenvalue weighted by Crippen LogP contribution is 1.94. The fourth-order valence-corrected chi connectivity index (χ4v) is 0.502. The molecule has 0 radical (unpaired) electrons. The molecule has 0 aromatic carbocycles. The Bertz CT molecular complexity index is 156. The lowest BCUT2D eigenvalue weighted by Gasteiger charge is -2.10. The molecule has 0 unspecified atom stereocenters. The first kappa shape index (κ1) is 11.1. The van der Waals surface area contributed by atoms with Gasteiger partial charge < -0.3 is 19.7 Å². The van der Waals surface area contributed by atoms with Crippen LogP contribution < -0.4 is 0 Å². The predicted molar refractivity (Wildman–Crippen MR) is 39.3 cm³/mol. The number of hydrogen-bond acceptors (Lipinski definition) is 5. The Morgan fingerprint density at radius 2 is 2.17 bits per heavy atom. The Kier molecular flexibility index (Phi) is 5.23. The molecule has 0 aliphatic carbocycles. The Morgan fingerprint density at radius 3 is 2.58 bits per heavy atom. The van der Waals surface area contributed by atoms with E-state index < -0.39 is 18.2 Å². The molecule has 0 heterocycles. The summed E-state index contributed by atoms with van der Waals surface area (Å²) in [5.41, 5.74) is 0. The summed E-state index contributed by atoms with van der Waals surface area (Å²) in [6.45, 7) is 1.96. The third-order valence-electron chi connectivity index (χ3n) is 1.15. The second-order valence-corrected chi connectivity index (χ2v) is 2.24. The van der Waals surface area contributed by atoms with Gasteiger partial charge in [-0.25, -0.2) is 4.79 Å². The highest BCUT2D eigenvalue weighted by molar-refractivity contribution is 5.79. The summed E-state index contributed by atoms with van der Waals surface area (Å²) in [5, 5.41) is 17.5. The van der Waals surface area contributed by atoms with Gasteiger partial charge in [-0.15, -0.1) is 0 Å². The smallest absolute Gasteiger partial charge is 0.338 e. The van der Waals surface area contributed by atoms with Crippen molar-refractivity contribution in [2.45, 2.75) is 25.6 Å². The lowest BCUT2D eigenvalue weighted by Crippen LogP contribution is -2.36. The molecular formula is C7H12O5. The normalized spacial score (nSPS) is 14.9. The summed E-state index contributed by atoms with van der Waals surface area (Å²) in [4.78, 5) is 20.6. The first-order valence-electron chi connectivity index (χ1n) is 3.61. The third kappa shape index (κ3) is 3.45. The van der Waals surface area contributed by atoms with Crippen LogP contribution in [0, 0.1) is 0 Å². The SMILES string of the molecule is CCCOC(=O)[C@@H](O)[C@@H](O)C=O. The monoisotopic (exact) mass is 176 g/mol. The molecule has 12 heavy (non-hydrogen) atoms. The van der Waals surface area contributed by atoms with Crippen molar-refractivity contribution in [1.82, 2.24) is 0 Å². The van der Waals surface area contributed by atoms with Crippen LogP contribution in [0.4, 0.5) is 0 Å². The molecule has 0 aromatic rings. The van der Waals surface area contributed by atoms with Crippen molar-refractivity contribution >= 4 is 12.3 Å². The number of esters is 1. The van der Waals surface area contributed by atoms with Gasteiger partial charge in [0.05, 0.1) is 6.61 Å². The van der Waals surface area contributed by atoms with Crippen molar-refractivity contribution in [3.05, 3.63) is 0 Å². The largest absolute Gasteiger partial charge is 0.464 e. The van der Waals surface area contributed by atoms with Gasteiger partial charge >= 0.3 is 5.97 Å². The summed E-state index contributed by atoms with van der Waals surface area (Å²) in [6.07, 6.45) is -2.77. The Labute approximate surface area is 70.0 Å². The summed E-state index contributed by atoms with van der Waals surface area (Å²) >= 11 is 0. The molecule has 0 rings (SSSR count). The minimum atomic E-state index is -1.77. The molecule has 0 saturated heterocycles. The molecule has 5 nitrogen and oxygen atoms in total. The van der Waals surface area contributed by atoms with Crippen molar-refractivity contribution in [3.8, 4) is 0 Å². The van der Waals surface area contributed by atoms with Crippen LogP contribution in [0.1, 0.15) is 13.3 Å². The van der Waals surface area contributed by atoms with Gasteiger partial charge in [0.2, 0.25) is 0 Å². The Balaban J connectivity index is 3.83. The highest BCUT2D eigenvalue weighted by Gasteiger charge is 2.24. The van der Waals surface area contributed by atoms with Gasteiger partial charge in [0.25, 0.3) is 0 Å². The van der Waals surface area contributed by atoms with E-state index in [2.05, 4.69) is 4.74 Å². The molecule has 0 saturated carbocycles. The molecule has 0 aliphatic heterocycles. The number of rotatable bonds is 5. The molecule has 5 heteroatoms. The van der Waals surface area contributed by atoms with E-state index in [4.69, 9.17) is 10.2 Å². The maximum atomic E-state index is 10.7. The first-order chi connectivity index (χ1) is 5.63. The fraction of sp³-hybridized carbons (Fsp3) is 0.714. The quantitative estimate of drug-likeness (QED) is 0.408. The molecule has 70 valence electrons. The van der Waals surface area contributed by atoms with Crippen molar-refractivity contribution in [1.29, 1.82) is 0 Å². The van der Waals surface area contributed by atoms with Crippen LogP contribution >= 0.6 is 0 Å². The zero-order chi connectivity index (χ0) is 9.56. The molecule has 0 aliphatic rings. The number of aliphatic hydroxyl groups excluding tert-OH is 2. The summed E-state index contributed by atoms with van der Waals surface area (Å²) in [7, 11) is 0. The molecule has 0 amide bonds. The van der Waals surface area contributed by atoms with E-state index in [0.717, 1.165) is 0 Å². The van der Waals surface area contributed by atoms with Crippen molar-refractivity contribution in [2.24, 2.45) is 0 Å². The van der Waals surface area contributed by atoms with E-state index in [9.17, 15) is 9.59 Å². The molecule has 0 fully saturated rings. The van der Waals surface area contributed by atoms with E-state index >= 15 is 0 Å². The molecule has 0 aromatic heterocycles. The van der Waals surface area contributed by atoms with Gasteiger partial charge in [-0.1, -0.05) is 6.92 Å². The zero-order valence-electron chi connectivity index (χ0n) is 6.77. The molecule has 0 spiro atoms. The average molecular weight is 176 g/mol. The Hall–Kier alpha value is -0.940. The number of hydrogen-bond donors (Lipinski definition) is 2. The fourth-order valence-electron chi connectivity index (χ4n) is 0.502. The standard InChI is InChI=1S/C7H12O5/c1-2-3-12-7(11)6(10)5(9)4-8/h4-6,9-10H,2-3H2,1H3/t5-,6-/m0/s1. The van der Waals surface area contributed by atoms with Crippen molar-refractivity contribution in [2.75, 3.05) is 6.61 Å². The third-order valence-corrected chi connectivity index (χ3v) is 1.15. The van der Waals surface area contributed by atoms with E-state index in [1.807, 2.05) is 0 Å². The summed E-state index contributed by atoms with van der Waals surface area (Å²) in [5.74, 6) is -0.976. The van der Waals surface area contributed by atoms with Crippen LogP contribution in [-0.2, 0) is 14.3 Å². The van der Waals surface area contributed by atoms with E-state index in [-0.39, 0.29) is 12.9 Å². The first-order valence-corrected chi connectivity index (χ1v) is 3.61. The van der Waals surface area contributed by atoms with Gasteiger partial charge in [0.15, 0.2) is 12.4 Å². The van der Waals surface area contributed by atoms with Gasteiger partial charge in [-0.3, -0.25) is 0 Å². The minimum Gasteiger partial charge on any atom is -0.464 e. The molecule has 2 atom stereocenters. The average Bonchev–Trinajstić information content (AvgIpc) is 2.11. The second-order valence-electron chi connectivity index (χ2n) is 2.24. The van der Waals surface area contributed by atoms with Gasteiger partial charge in [0, 0.05) is 0 Å². The molecule has 2 N–H and O–H groups in total. The molecular weight excluding hydrogens is 164 g/mol. The number of carbonyl (C=O) groups excluding carboxylic acids is 2. The second kappa shape index (κ2) is 5.68. The van der Waals surface area contributed by atoms with Crippen molar-refractivity contribution < 1.29 is 24.5 Å². The van der Waals surface area contributed by atoms with Crippen LogP contribution in [0.25, 0.3) is 0 Å². The minimum absolute atomic E-state index is 0.0812. The maximum absolute atomic E-state index is 10.7. The van der Waals surface area contributed by atoms with Crippen LogP contribution in [0.2, 0.25) is 0 Å². The molecule has 0 bridgehead atoms. The highest BCUT2D eigenvalue weighted by atomic mass is 16.5. The number of aldehydes is 1. The van der Waals surface area contributed by atoms with Crippen LogP contribution in [-0.4, -0.2) is 41.3 Å². The Morgan fingerprint density at radius 1 is 1.58 bits per heavy atom.